The Morgan fingerprint density at radius 3 is 2.33 bits per heavy atom. The second kappa shape index (κ2) is 6.21. The molecule has 0 heterocycles. The van der Waals surface area contributed by atoms with Gasteiger partial charge in [-0.05, 0) is 49.4 Å². The topological polar surface area (TPSA) is 12.0 Å². The van der Waals surface area contributed by atoms with Crippen LogP contribution in [0.15, 0.2) is 16.6 Å². The smallest absolute Gasteiger partial charge is 0.0322 e. The number of rotatable bonds is 5. The van der Waals surface area contributed by atoms with Crippen LogP contribution in [0.2, 0.25) is 0 Å². The largest absolute Gasteiger partial charge is 0.310 e. The van der Waals surface area contributed by atoms with Gasteiger partial charge in [-0.15, -0.1) is 0 Å². The predicted octanol–water partition coefficient (Wildman–Crippen LogP) is 4.91. The fraction of sp³-hybridized carbons (Fsp3) is 0.625. The zero-order chi connectivity index (χ0) is 13.1. The van der Waals surface area contributed by atoms with Crippen molar-refractivity contribution in [3.8, 4) is 0 Å². The third kappa shape index (κ3) is 3.16. The van der Waals surface area contributed by atoms with Crippen LogP contribution >= 0.6 is 15.9 Å². The number of hydrogen-bond donors (Lipinski definition) is 1. The first kappa shape index (κ1) is 14.1. The van der Waals surface area contributed by atoms with E-state index in [2.05, 4.69) is 54.2 Å². The molecule has 1 aliphatic carbocycles. The minimum absolute atomic E-state index is 0.533. The van der Waals surface area contributed by atoms with Crippen molar-refractivity contribution in [2.75, 3.05) is 6.54 Å². The van der Waals surface area contributed by atoms with Crippen LogP contribution in [0.25, 0.3) is 0 Å². The summed E-state index contributed by atoms with van der Waals surface area (Å²) in [6.07, 6.45) is 5.59. The summed E-state index contributed by atoms with van der Waals surface area (Å²) in [6, 6.07) is 5.21. The Morgan fingerprint density at radius 2 is 1.89 bits per heavy atom. The van der Waals surface area contributed by atoms with E-state index >= 15 is 0 Å². The number of benzene rings is 1. The number of halogens is 1. The van der Waals surface area contributed by atoms with Crippen molar-refractivity contribution < 1.29 is 0 Å². The predicted molar refractivity (Wildman–Crippen MR) is 82.0 cm³/mol. The molecule has 100 valence electrons. The SMILES string of the molecule is CCNC(CC1CCC1)c1cc(C)c(Br)c(C)c1. The lowest BCUT2D eigenvalue weighted by Gasteiger charge is -2.30. The van der Waals surface area contributed by atoms with Gasteiger partial charge in [-0.1, -0.05) is 54.2 Å². The molecule has 1 aromatic carbocycles. The fourth-order valence-electron chi connectivity index (χ4n) is 2.83. The molecular weight excluding hydrogens is 286 g/mol. The number of aryl methyl sites for hydroxylation is 2. The maximum absolute atomic E-state index is 3.66. The normalized spacial score (nSPS) is 17.6. The summed E-state index contributed by atoms with van der Waals surface area (Å²) in [5.41, 5.74) is 4.16. The van der Waals surface area contributed by atoms with Crippen LogP contribution in [0, 0.1) is 19.8 Å². The van der Waals surface area contributed by atoms with Gasteiger partial charge in [0.15, 0.2) is 0 Å². The van der Waals surface area contributed by atoms with Gasteiger partial charge in [-0.25, -0.2) is 0 Å². The molecule has 0 amide bonds. The molecule has 1 saturated carbocycles. The Labute approximate surface area is 119 Å². The summed E-state index contributed by atoms with van der Waals surface area (Å²) in [5.74, 6) is 0.943. The van der Waals surface area contributed by atoms with Crippen LogP contribution in [0.1, 0.15) is 55.3 Å². The van der Waals surface area contributed by atoms with Gasteiger partial charge in [0.1, 0.15) is 0 Å². The molecule has 1 N–H and O–H groups in total. The van der Waals surface area contributed by atoms with Crippen LogP contribution in [0.4, 0.5) is 0 Å². The molecule has 18 heavy (non-hydrogen) atoms. The molecule has 2 rings (SSSR count). The zero-order valence-electron chi connectivity index (χ0n) is 11.7. The summed E-state index contributed by atoms with van der Waals surface area (Å²) < 4.78 is 1.25. The summed E-state index contributed by atoms with van der Waals surface area (Å²) in [6.45, 7) is 7.62. The van der Waals surface area contributed by atoms with Crippen LogP contribution < -0.4 is 5.32 Å². The average molecular weight is 310 g/mol. The summed E-state index contributed by atoms with van der Waals surface area (Å²) in [4.78, 5) is 0. The molecule has 0 saturated heterocycles. The lowest BCUT2D eigenvalue weighted by molar-refractivity contribution is 0.262. The molecule has 1 atom stereocenters. The second-order valence-electron chi connectivity index (χ2n) is 5.61. The van der Waals surface area contributed by atoms with Gasteiger partial charge in [0.25, 0.3) is 0 Å². The van der Waals surface area contributed by atoms with E-state index in [1.807, 2.05) is 0 Å². The van der Waals surface area contributed by atoms with Crippen molar-refractivity contribution >= 4 is 15.9 Å². The van der Waals surface area contributed by atoms with Crippen molar-refractivity contribution in [1.29, 1.82) is 0 Å². The molecule has 0 spiro atoms. The monoisotopic (exact) mass is 309 g/mol. The minimum atomic E-state index is 0.533. The highest BCUT2D eigenvalue weighted by atomic mass is 79.9. The summed E-state index contributed by atoms with van der Waals surface area (Å²) in [5, 5.41) is 3.66. The maximum Gasteiger partial charge on any atom is 0.0322 e. The van der Waals surface area contributed by atoms with E-state index < -0.39 is 0 Å². The summed E-state index contributed by atoms with van der Waals surface area (Å²) >= 11 is 3.66. The highest BCUT2D eigenvalue weighted by molar-refractivity contribution is 9.10. The Morgan fingerprint density at radius 1 is 1.28 bits per heavy atom. The van der Waals surface area contributed by atoms with Gasteiger partial charge in [0.05, 0.1) is 0 Å². The van der Waals surface area contributed by atoms with Crippen molar-refractivity contribution in [1.82, 2.24) is 5.32 Å². The van der Waals surface area contributed by atoms with Gasteiger partial charge in [-0.3, -0.25) is 0 Å². The molecule has 0 bridgehead atoms. The highest BCUT2D eigenvalue weighted by Gasteiger charge is 2.23. The maximum atomic E-state index is 3.66. The van der Waals surface area contributed by atoms with E-state index in [1.165, 1.54) is 46.8 Å². The molecule has 0 aliphatic heterocycles. The van der Waals surface area contributed by atoms with Crippen molar-refractivity contribution in [2.24, 2.45) is 5.92 Å². The molecule has 2 heteroatoms. The van der Waals surface area contributed by atoms with E-state index in [0.29, 0.717) is 6.04 Å². The van der Waals surface area contributed by atoms with Crippen molar-refractivity contribution in [3.05, 3.63) is 33.3 Å². The molecule has 1 aliphatic rings. The molecule has 1 fully saturated rings. The van der Waals surface area contributed by atoms with Gasteiger partial charge in [0, 0.05) is 10.5 Å². The third-order valence-electron chi connectivity index (χ3n) is 4.11. The van der Waals surface area contributed by atoms with Crippen LogP contribution in [-0.2, 0) is 0 Å². The molecule has 0 radical (unpaired) electrons. The molecular formula is C16H24BrN. The first-order valence-electron chi connectivity index (χ1n) is 7.11. The van der Waals surface area contributed by atoms with Crippen LogP contribution in [-0.4, -0.2) is 6.54 Å². The average Bonchev–Trinajstić information content (AvgIpc) is 2.28. The molecule has 1 unspecified atom stereocenters. The van der Waals surface area contributed by atoms with Crippen molar-refractivity contribution in [2.45, 2.75) is 52.5 Å². The van der Waals surface area contributed by atoms with E-state index in [9.17, 15) is 0 Å². The lowest BCUT2D eigenvalue weighted by atomic mass is 9.79. The third-order valence-corrected chi connectivity index (χ3v) is 5.36. The zero-order valence-corrected chi connectivity index (χ0v) is 13.3. The minimum Gasteiger partial charge on any atom is -0.310 e. The lowest BCUT2D eigenvalue weighted by Crippen LogP contribution is -2.26. The summed E-state index contributed by atoms with van der Waals surface area (Å²) in [7, 11) is 0. The quantitative estimate of drug-likeness (QED) is 0.815. The van der Waals surface area contributed by atoms with Gasteiger partial charge in [-0.2, -0.15) is 0 Å². The molecule has 0 aromatic heterocycles. The Kier molecular flexibility index (Phi) is 4.85. The Bertz CT molecular complexity index is 387. The van der Waals surface area contributed by atoms with E-state index in [4.69, 9.17) is 0 Å². The van der Waals surface area contributed by atoms with Crippen molar-refractivity contribution in [3.63, 3.8) is 0 Å². The van der Waals surface area contributed by atoms with Gasteiger partial charge < -0.3 is 5.32 Å². The molecule has 1 nitrogen and oxygen atoms in total. The van der Waals surface area contributed by atoms with Gasteiger partial charge in [0.2, 0.25) is 0 Å². The van der Waals surface area contributed by atoms with Crippen LogP contribution in [0.3, 0.4) is 0 Å². The first-order chi connectivity index (χ1) is 8.61. The van der Waals surface area contributed by atoms with E-state index in [1.54, 1.807) is 0 Å². The molecule has 1 aromatic rings. The standard InChI is InChI=1S/C16H24BrN/c1-4-18-15(10-13-6-5-7-13)14-8-11(2)16(17)12(3)9-14/h8-9,13,15,18H,4-7,10H2,1-3H3. The highest BCUT2D eigenvalue weighted by Crippen LogP contribution is 2.36. The number of hydrogen-bond acceptors (Lipinski definition) is 1. The van der Waals surface area contributed by atoms with E-state index in [0.717, 1.165) is 12.5 Å². The number of nitrogens with one attached hydrogen (secondary N) is 1. The Hall–Kier alpha value is -0.340. The first-order valence-corrected chi connectivity index (χ1v) is 7.91. The van der Waals surface area contributed by atoms with E-state index in [-0.39, 0.29) is 0 Å². The second-order valence-corrected chi connectivity index (χ2v) is 6.40. The fourth-order valence-corrected chi connectivity index (χ4v) is 3.05. The van der Waals surface area contributed by atoms with Gasteiger partial charge >= 0.3 is 0 Å². The Balaban J connectivity index is 2.18. The van der Waals surface area contributed by atoms with Crippen LogP contribution in [0.5, 0.6) is 0 Å².